The van der Waals surface area contributed by atoms with E-state index in [1.807, 2.05) is 18.2 Å². The Morgan fingerprint density at radius 1 is 1.20 bits per heavy atom. The van der Waals surface area contributed by atoms with E-state index in [1.165, 1.54) is 6.33 Å². The van der Waals surface area contributed by atoms with E-state index < -0.39 is 0 Å². The second-order valence-corrected chi connectivity index (χ2v) is 3.15. The summed E-state index contributed by atoms with van der Waals surface area (Å²) in [4.78, 5) is 15.2. The third-order valence-electron chi connectivity index (χ3n) is 2.22. The van der Waals surface area contributed by atoms with Gasteiger partial charge in [-0.25, -0.2) is 15.0 Å². The van der Waals surface area contributed by atoms with E-state index in [4.69, 9.17) is 0 Å². The molecule has 0 saturated heterocycles. The van der Waals surface area contributed by atoms with E-state index in [9.17, 15) is 0 Å². The summed E-state index contributed by atoms with van der Waals surface area (Å²) in [6.07, 6.45) is 4.80. The van der Waals surface area contributed by atoms with Gasteiger partial charge in [-0.2, -0.15) is 0 Å². The fraction of sp³-hybridized carbons (Fsp3) is 0. The molecule has 0 saturated carbocycles. The molecule has 3 aromatic rings. The minimum absolute atomic E-state index is 0.787. The van der Waals surface area contributed by atoms with Gasteiger partial charge in [0.05, 0.1) is 23.1 Å². The van der Waals surface area contributed by atoms with Crippen LogP contribution in [0.4, 0.5) is 0 Å². The van der Waals surface area contributed by atoms with Crippen LogP contribution in [0.1, 0.15) is 0 Å². The average molecular weight is 195 g/mol. The number of nitrogens with zero attached hydrogens (tertiary/aromatic N) is 3. The van der Waals surface area contributed by atoms with Gasteiger partial charge in [0.25, 0.3) is 0 Å². The molecule has 0 atom stereocenters. The van der Waals surface area contributed by atoms with Crippen LogP contribution < -0.4 is 0 Å². The Morgan fingerprint density at radius 3 is 3.07 bits per heavy atom. The summed E-state index contributed by atoms with van der Waals surface area (Å²) in [5.41, 5.74) is 3.74. The number of hydrogen-bond donors (Lipinski definition) is 1. The molecule has 0 bridgehead atoms. The van der Waals surface area contributed by atoms with Gasteiger partial charge in [0.1, 0.15) is 6.33 Å². The van der Waals surface area contributed by atoms with E-state index in [0.29, 0.717) is 0 Å². The lowest BCUT2D eigenvalue weighted by molar-refractivity contribution is 1.17. The number of benzene rings is 1. The molecule has 4 heteroatoms. The number of nitrogens with one attached hydrogen (secondary N) is 1. The molecule has 3 rings (SSSR count). The van der Waals surface area contributed by atoms with Crippen molar-refractivity contribution in [3.05, 3.63) is 43.1 Å². The van der Waals surface area contributed by atoms with Crippen LogP contribution in [-0.2, 0) is 0 Å². The zero-order valence-corrected chi connectivity index (χ0v) is 7.81. The van der Waals surface area contributed by atoms with Crippen molar-refractivity contribution in [1.82, 2.24) is 19.9 Å². The molecule has 4 nitrogen and oxygen atoms in total. The summed E-state index contributed by atoms with van der Waals surface area (Å²) in [7, 11) is 0. The molecule has 2 aromatic heterocycles. The summed E-state index contributed by atoms with van der Waals surface area (Å²) >= 11 is 0. The van der Waals surface area contributed by atoms with Crippen molar-refractivity contribution in [2.75, 3.05) is 0 Å². The van der Waals surface area contributed by atoms with Gasteiger partial charge >= 0.3 is 0 Å². The number of hydrogen-bond acceptors (Lipinski definition) is 3. The topological polar surface area (TPSA) is 54.5 Å². The van der Waals surface area contributed by atoms with E-state index in [-0.39, 0.29) is 0 Å². The van der Waals surface area contributed by atoms with E-state index in [2.05, 4.69) is 26.0 Å². The molecule has 0 aliphatic rings. The zero-order chi connectivity index (χ0) is 10.1. The van der Waals surface area contributed by atoms with Crippen LogP contribution in [0.2, 0.25) is 0 Å². The SMILES string of the molecule is [c]1cncnc1-c1ccc2[nH]cnc2c1. The Bertz CT molecular complexity index is 586. The minimum Gasteiger partial charge on any atom is -0.345 e. The standard InChI is InChI=1S/C11H7N4/c1-2-10-11(15-7-14-10)5-8(1)9-3-4-12-6-13-9/h1-2,4-7H,(H,14,15). The van der Waals surface area contributed by atoms with Crippen molar-refractivity contribution in [3.8, 4) is 11.3 Å². The quantitative estimate of drug-likeness (QED) is 0.644. The summed E-state index contributed by atoms with van der Waals surface area (Å²) in [6.45, 7) is 0. The molecular formula is C11H7N4. The molecule has 0 aliphatic carbocycles. The van der Waals surface area contributed by atoms with Crippen LogP contribution >= 0.6 is 0 Å². The first-order valence-electron chi connectivity index (χ1n) is 4.55. The van der Waals surface area contributed by atoms with Crippen molar-refractivity contribution in [2.24, 2.45) is 0 Å². The largest absolute Gasteiger partial charge is 0.345 e. The predicted octanol–water partition coefficient (Wildman–Crippen LogP) is 1.82. The molecule has 0 fully saturated rings. The normalized spacial score (nSPS) is 10.7. The smallest absolute Gasteiger partial charge is 0.116 e. The molecule has 0 amide bonds. The van der Waals surface area contributed by atoms with Crippen LogP contribution in [0, 0.1) is 6.07 Å². The number of aromatic amines is 1. The molecule has 15 heavy (non-hydrogen) atoms. The lowest BCUT2D eigenvalue weighted by Crippen LogP contribution is -1.84. The lowest BCUT2D eigenvalue weighted by Gasteiger charge is -1.98. The molecule has 1 radical (unpaired) electrons. The first-order chi connectivity index (χ1) is 7.43. The Labute approximate surface area is 86.0 Å². The summed E-state index contributed by atoms with van der Waals surface area (Å²) in [6, 6.07) is 8.92. The molecule has 1 aromatic carbocycles. The molecule has 1 N–H and O–H groups in total. The highest BCUT2D eigenvalue weighted by Gasteiger charge is 2.01. The van der Waals surface area contributed by atoms with Gasteiger partial charge in [-0.05, 0) is 12.1 Å². The van der Waals surface area contributed by atoms with Crippen LogP contribution in [0.15, 0.2) is 37.1 Å². The molecule has 0 unspecified atom stereocenters. The Hall–Kier alpha value is -2.23. The lowest BCUT2D eigenvalue weighted by atomic mass is 10.1. The first-order valence-corrected chi connectivity index (χ1v) is 4.55. The zero-order valence-electron chi connectivity index (χ0n) is 7.81. The fourth-order valence-corrected chi connectivity index (χ4v) is 1.50. The molecule has 2 heterocycles. The Morgan fingerprint density at radius 2 is 2.20 bits per heavy atom. The van der Waals surface area contributed by atoms with Gasteiger partial charge in [-0.1, -0.05) is 6.07 Å². The van der Waals surface area contributed by atoms with Crippen LogP contribution in [0.5, 0.6) is 0 Å². The van der Waals surface area contributed by atoms with Crippen molar-refractivity contribution in [2.45, 2.75) is 0 Å². The highest BCUT2D eigenvalue weighted by Crippen LogP contribution is 2.19. The van der Waals surface area contributed by atoms with Gasteiger partial charge < -0.3 is 4.98 Å². The van der Waals surface area contributed by atoms with Gasteiger partial charge in [-0.3, -0.25) is 0 Å². The maximum atomic E-state index is 4.19. The first kappa shape index (κ1) is 8.11. The summed E-state index contributed by atoms with van der Waals surface area (Å²) in [5, 5.41) is 0. The van der Waals surface area contributed by atoms with Crippen molar-refractivity contribution < 1.29 is 0 Å². The maximum absolute atomic E-state index is 4.19. The van der Waals surface area contributed by atoms with Crippen LogP contribution in [-0.4, -0.2) is 19.9 Å². The second-order valence-electron chi connectivity index (χ2n) is 3.15. The Balaban J connectivity index is 2.19. The van der Waals surface area contributed by atoms with Crippen LogP contribution in [0.25, 0.3) is 22.3 Å². The third-order valence-corrected chi connectivity index (χ3v) is 2.22. The molecule has 0 aliphatic heterocycles. The number of rotatable bonds is 1. The van der Waals surface area contributed by atoms with Gasteiger partial charge in [0.15, 0.2) is 0 Å². The minimum atomic E-state index is 0.787. The highest BCUT2D eigenvalue weighted by atomic mass is 14.9. The molecular weight excluding hydrogens is 188 g/mol. The predicted molar refractivity (Wildman–Crippen MR) is 56.0 cm³/mol. The van der Waals surface area contributed by atoms with Crippen molar-refractivity contribution in [1.29, 1.82) is 0 Å². The van der Waals surface area contributed by atoms with E-state index in [0.717, 1.165) is 22.3 Å². The fourth-order valence-electron chi connectivity index (χ4n) is 1.50. The number of H-pyrrole nitrogens is 1. The maximum Gasteiger partial charge on any atom is 0.116 e. The molecule has 71 valence electrons. The average Bonchev–Trinajstić information content (AvgIpc) is 2.77. The van der Waals surface area contributed by atoms with Crippen molar-refractivity contribution >= 4 is 11.0 Å². The second kappa shape index (κ2) is 3.16. The van der Waals surface area contributed by atoms with E-state index >= 15 is 0 Å². The Kier molecular flexibility index (Phi) is 1.71. The van der Waals surface area contributed by atoms with Crippen LogP contribution in [0.3, 0.4) is 0 Å². The van der Waals surface area contributed by atoms with E-state index in [1.54, 1.807) is 12.5 Å². The van der Waals surface area contributed by atoms with Gasteiger partial charge in [0, 0.05) is 17.8 Å². The number of fused-ring (bicyclic) bond motifs is 1. The monoisotopic (exact) mass is 195 g/mol. The van der Waals surface area contributed by atoms with Gasteiger partial charge in [0.2, 0.25) is 0 Å². The van der Waals surface area contributed by atoms with Gasteiger partial charge in [-0.15, -0.1) is 0 Å². The summed E-state index contributed by atoms with van der Waals surface area (Å²) in [5.74, 6) is 0. The summed E-state index contributed by atoms with van der Waals surface area (Å²) < 4.78 is 0. The highest BCUT2D eigenvalue weighted by molar-refractivity contribution is 5.80. The molecule has 0 spiro atoms. The number of imidazole rings is 1. The number of aromatic nitrogens is 4. The van der Waals surface area contributed by atoms with Crippen molar-refractivity contribution in [3.63, 3.8) is 0 Å². The third kappa shape index (κ3) is 1.36.